The number of nitriles is 1. The van der Waals surface area contributed by atoms with Gasteiger partial charge in [-0.25, -0.2) is 0 Å². The molecule has 0 aromatic heterocycles. The van der Waals surface area contributed by atoms with Crippen LogP contribution in [0.3, 0.4) is 0 Å². The summed E-state index contributed by atoms with van der Waals surface area (Å²) in [6.07, 6.45) is 9.97. The number of hydrogen-bond acceptors (Lipinski definition) is 2. The summed E-state index contributed by atoms with van der Waals surface area (Å²) in [5.74, 6) is 0.515. The summed E-state index contributed by atoms with van der Waals surface area (Å²) in [6.45, 7) is 2.11. The minimum absolute atomic E-state index is 0.00586. The Bertz CT molecular complexity index is 331. The third kappa shape index (κ3) is 2.85. The smallest absolute Gasteiger partial charge is 0.240 e. The highest BCUT2D eigenvalue weighted by Crippen LogP contribution is 2.45. The van der Waals surface area contributed by atoms with Crippen LogP contribution < -0.4 is 5.32 Å². The van der Waals surface area contributed by atoms with Crippen LogP contribution in [0.1, 0.15) is 64.7 Å². The fourth-order valence-corrected chi connectivity index (χ4v) is 3.38. The molecule has 1 N–H and O–H groups in total. The lowest BCUT2D eigenvalue weighted by molar-refractivity contribution is -0.134. The van der Waals surface area contributed by atoms with Crippen molar-refractivity contribution < 1.29 is 4.79 Å². The van der Waals surface area contributed by atoms with Crippen LogP contribution >= 0.6 is 0 Å². The monoisotopic (exact) mass is 248 g/mol. The van der Waals surface area contributed by atoms with E-state index in [9.17, 15) is 10.1 Å². The first-order valence-corrected chi connectivity index (χ1v) is 7.38. The Morgan fingerprint density at radius 2 is 1.72 bits per heavy atom. The number of carbonyl (C=O) groups excluding carboxylic acids is 1. The van der Waals surface area contributed by atoms with Crippen LogP contribution in [-0.4, -0.2) is 11.9 Å². The quantitative estimate of drug-likeness (QED) is 0.816. The molecule has 2 rings (SSSR count). The van der Waals surface area contributed by atoms with E-state index in [0.29, 0.717) is 12.0 Å². The van der Waals surface area contributed by atoms with E-state index in [1.807, 2.05) is 0 Å². The second kappa shape index (κ2) is 5.73. The van der Waals surface area contributed by atoms with Crippen LogP contribution in [0.15, 0.2) is 0 Å². The number of carbonyl (C=O) groups is 1. The molecule has 2 saturated carbocycles. The van der Waals surface area contributed by atoms with Gasteiger partial charge in [-0.05, 0) is 31.6 Å². The number of nitrogens with one attached hydrogen (secondary N) is 1. The first-order chi connectivity index (χ1) is 8.66. The van der Waals surface area contributed by atoms with Crippen molar-refractivity contribution >= 4 is 5.91 Å². The first kappa shape index (κ1) is 13.4. The van der Waals surface area contributed by atoms with Gasteiger partial charge in [0.25, 0.3) is 0 Å². The molecule has 0 aliphatic heterocycles. The zero-order valence-corrected chi connectivity index (χ0v) is 11.4. The molecule has 0 atom stereocenters. The van der Waals surface area contributed by atoms with Gasteiger partial charge < -0.3 is 5.32 Å². The molecule has 0 spiro atoms. The number of nitrogens with zero attached hydrogens (tertiary/aromatic N) is 1. The highest BCUT2D eigenvalue weighted by Gasteiger charge is 2.49. The van der Waals surface area contributed by atoms with E-state index < -0.39 is 5.41 Å². The summed E-state index contributed by atoms with van der Waals surface area (Å²) in [5, 5.41) is 12.4. The standard InChI is InChI=1S/C15H24N2O/c1-12-9-15(10-12,11-16)14(18)17-13-7-5-3-2-4-6-8-13/h12-13H,2-10H2,1H3,(H,17,18). The maximum absolute atomic E-state index is 12.3. The van der Waals surface area contributed by atoms with Crippen molar-refractivity contribution in [2.24, 2.45) is 11.3 Å². The molecule has 0 aromatic carbocycles. The summed E-state index contributed by atoms with van der Waals surface area (Å²) in [4.78, 5) is 12.3. The molecule has 3 nitrogen and oxygen atoms in total. The largest absolute Gasteiger partial charge is 0.352 e. The van der Waals surface area contributed by atoms with Crippen molar-refractivity contribution in [3.63, 3.8) is 0 Å². The van der Waals surface area contributed by atoms with Crippen molar-refractivity contribution in [2.45, 2.75) is 70.8 Å². The molecule has 1 amide bonds. The summed E-state index contributed by atoms with van der Waals surface area (Å²) in [7, 11) is 0. The molecule has 3 heteroatoms. The van der Waals surface area contributed by atoms with Gasteiger partial charge in [0.1, 0.15) is 5.41 Å². The van der Waals surface area contributed by atoms with Gasteiger partial charge in [0, 0.05) is 6.04 Å². The van der Waals surface area contributed by atoms with Crippen molar-refractivity contribution in [3.8, 4) is 6.07 Å². The Hall–Kier alpha value is -1.04. The SMILES string of the molecule is CC1CC(C#N)(C(=O)NC2CCCCCCC2)C1. The molecule has 0 unspecified atom stereocenters. The predicted octanol–water partition coefficient (Wildman–Crippen LogP) is 3.16. The van der Waals surface area contributed by atoms with Crippen molar-refractivity contribution in [1.82, 2.24) is 5.32 Å². The number of rotatable bonds is 2. The summed E-state index contributed by atoms with van der Waals surface area (Å²) in [6, 6.07) is 2.56. The minimum Gasteiger partial charge on any atom is -0.352 e. The van der Waals surface area contributed by atoms with E-state index >= 15 is 0 Å². The molecule has 2 aliphatic carbocycles. The molecular formula is C15H24N2O. The van der Waals surface area contributed by atoms with E-state index in [4.69, 9.17) is 0 Å². The van der Waals surface area contributed by atoms with Crippen molar-refractivity contribution in [3.05, 3.63) is 0 Å². The van der Waals surface area contributed by atoms with Crippen LogP contribution in [0.5, 0.6) is 0 Å². The Kier molecular flexibility index (Phi) is 4.27. The lowest BCUT2D eigenvalue weighted by Gasteiger charge is -2.40. The van der Waals surface area contributed by atoms with E-state index in [1.54, 1.807) is 0 Å². The van der Waals surface area contributed by atoms with E-state index in [2.05, 4.69) is 18.3 Å². The average molecular weight is 248 g/mol. The highest BCUT2D eigenvalue weighted by atomic mass is 16.2. The van der Waals surface area contributed by atoms with Gasteiger partial charge in [-0.3, -0.25) is 4.79 Å². The normalized spacial score (nSPS) is 33.7. The van der Waals surface area contributed by atoms with Crippen LogP contribution in [0.25, 0.3) is 0 Å². The third-order valence-electron chi connectivity index (χ3n) is 4.48. The highest BCUT2D eigenvalue weighted by molar-refractivity contribution is 5.86. The topological polar surface area (TPSA) is 52.9 Å². The summed E-state index contributed by atoms with van der Waals surface area (Å²) in [5.41, 5.74) is -0.707. The zero-order chi connectivity index (χ0) is 13.0. The second-order valence-corrected chi connectivity index (χ2v) is 6.22. The van der Waals surface area contributed by atoms with Crippen LogP contribution in [0.2, 0.25) is 0 Å². The fourth-order valence-electron chi connectivity index (χ4n) is 3.38. The Labute approximate surface area is 110 Å². The molecular weight excluding hydrogens is 224 g/mol. The molecule has 2 aliphatic rings. The lowest BCUT2D eigenvalue weighted by Crippen LogP contribution is -2.51. The number of hydrogen-bond donors (Lipinski definition) is 1. The average Bonchev–Trinajstić information content (AvgIpc) is 2.27. The van der Waals surface area contributed by atoms with Crippen molar-refractivity contribution in [1.29, 1.82) is 5.26 Å². The fraction of sp³-hybridized carbons (Fsp3) is 0.867. The van der Waals surface area contributed by atoms with Gasteiger partial charge >= 0.3 is 0 Å². The van der Waals surface area contributed by atoms with Gasteiger partial charge in [0.05, 0.1) is 6.07 Å². The van der Waals surface area contributed by atoms with Crippen LogP contribution in [0, 0.1) is 22.7 Å². The van der Waals surface area contributed by atoms with Gasteiger partial charge in [0.15, 0.2) is 0 Å². The molecule has 0 saturated heterocycles. The van der Waals surface area contributed by atoms with Gasteiger partial charge in [-0.2, -0.15) is 5.26 Å². The molecule has 0 heterocycles. The summed E-state index contributed by atoms with van der Waals surface area (Å²) < 4.78 is 0. The summed E-state index contributed by atoms with van der Waals surface area (Å²) >= 11 is 0. The van der Waals surface area contributed by atoms with E-state index in [-0.39, 0.29) is 5.91 Å². The lowest BCUT2D eigenvalue weighted by atomic mass is 9.63. The van der Waals surface area contributed by atoms with Crippen molar-refractivity contribution in [2.75, 3.05) is 0 Å². The molecule has 0 radical (unpaired) electrons. The third-order valence-corrected chi connectivity index (χ3v) is 4.48. The molecule has 0 aromatic rings. The predicted molar refractivity (Wildman–Crippen MR) is 70.7 cm³/mol. The maximum atomic E-state index is 12.3. The first-order valence-electron chi connectivity index (χ1n) is 7.38. The van der Waals surface area contributed by atoms with Gasteiger partial charge in [-0.1, -0.05) is 39.0 Å². The molecule has 100 valence electrons. The van der Waals surface area contributed by atoms with Gasteiger partial charge in [-0.15, -0.1) is 0 Å². The molecule has 2 fully saturated rings. The Morgan fingerprint density at radius 3 is 2.22 bits per heavy atom. The van der Waals surface area contributed by atoms with Gasteiger partial charge in [0.2, 0.25) is 5.91 Å². The second-order valence-electron chi connectivity index (χ2n) is 6.22. The minimum atomic E-state index is -0.707. The van der Waals surface area contributed by atoms with E-state index in [1.165, 1.54) is 32.1 Å². The van der Waals surface area contributed by atoms with E-state index in [0.717, 1.165) is 25.7 Å². The van der Waals surface area contributed by atoms with Crippen LogP contribution in [0.4, 0.5) is 0 Å². The Morgan fingerprint density at radius 1 is 1.17 bits per heavy atom. The molecule has 18 heavy (non-hydrogen) atoms. The Balaban J connectivity index is 1.88. The maximum Gasteiger partial charge on any atom is 0.240 e. The van der Waals surface area contributed by atoms with Crippen LogP contribution in [-0.2, 0) is 4.79 Å². The molecule has 0 bridgehead atoms. The number of amides is 1. The zero-order valence-electron chi connectivity index (χ0n) is 11.4.